The van der Waals surface area contributed by atoms with Crippen LogP contribution in [-0.4, -0.2) is 26.5 Å². The van der Waals surface area contributed by atoms with Crippen molar-refractivity contribution in [1.29, 1.82) is 0 Å². The summed E-state index contributed by atoms with van der Waals surface area (Å²) < 4.78 is 48.3. The molecule has 1 aromatic heterocycles. The van der Waals surface area contributed by atoms with E-state index in [2.05, 4.69) is 21.6 Å². The molecule has 8 heteroatoms. The number of oxazole rings is 1. The first-order valence-corrected chi connectivity index (χ1v) is 9.64. The molecule has 28 heavy (non-hydrogen) atoms. The second kappa shape index (κ2) is 8.06. The number of sulfone groups is 1. The number of rotatable bonds is 4. The molecule has 3 aromatic rings. The summed E-state index contributed by atoms with van der Waals surface area (Å²) in [7, 11) is -2.60. The lowest BCUT2D eigenvalue weighted by atomic mass is 10.1. The summed E-state index contributed by atoms with van der Waals surface area (Å²) in [6.07, 6.45) is 2.45. The maximum atomic E-state index is 13.0. The van der Waals surface area contributed by atoms with Gasteiger partial charge in [-0.1, -0.05) is 11.8 Å². The summed E-state index contributed by atoms with van der Waals surface area (Å²) in [6, 6.07) is 9.42. The standard InChI is InChI=1S/C20H14FNO5S/c1-26-20(23)16-6-9-19(28(24,25)12-18-11-22-13-27-18)15(10-16)5-2-14-3-7-17(21)8-4-14/h3-4,6-11,13H,12H2,1H3. The second-order valence-corrected chi connectivity index (χ2v) is 7.64. The highest BCUT2D eigenvalue weighted by Crippen LogP contribution is 2.22. The van der Waals surface area contributed by atoms with Crippen LogP contribution >= 0.6 is 0 Å². The number of hydrogen-bond acceptors (Lipinski definition) is 6. The molecule has 0 spiro atoms. The molecular weight excluding hydrogens is 385 g/mol. The van der Waals surface area contributed by atoms with E-state index in [9.17, 15) is 17.6 Å². The van der Waals surface area contributed by atoms with Gasteiger partial charge in [-0.05, 0) is 42.5 Å². The van der Waals surface area contributed by atoms with E-state index in [1.807, 2.05) is 0 Å². The van der Waals surface area contributed by atoms with Gasteiger partial charge < -0.3 is 9.15 Å². The van der Waals surface area contributed by atoms with Gasteiger partial charge in [-0.3, -0.25) is 0 Å². The molecule has 6 nitrogen and oxygen atoms in total. The molecule has 0 atom stereocenters. The summed E-state index contributed by atoms with van der Waals surface area (Å²) in [5.41, 5.74) is 0.764. The molecule has 142 valence electrons. The number of ether oxygens (including phenoxy) is 1. The summed E-state index contributed by atoms with van der Waals surface area (Å²) in [6.45, 7) is 0. The number of hydrogen-bond donors (Lipinski definition) is 0. The molecule has 0 fully saturated rings. The Morgan fingerprint density at radius 1 is 1.18 bits per heavy atom. The molecule has 0 aliphatic carbocycles. The lowest BCUT2D eigenvalue weighted by molar-refractivity contribution is 0.0600. The maximum Gasteiger partial charge on any atom is 0.337 e. The highest BCUT2D eigenvalue weighted by molar-refractivity contribution is 7.90. The van der Waals surface area contributed by atoms with Crippen molar-refractivity contribution in [2.75, 3.05) is 7.11 Å². The molecule has 0 unspecified atom stereocenters. The minimum atomic E-state index is -3.82. The molecule has 0 amide bonds. The fourth-order valence-corrected chi connectivity index (χ4v) is 3.79. The number of nitrogens with zero attached hydrogens (tertiary/aromatic N) is 1. The van der Waals surface area contributed by atoms with Crippen LogP contribution in [0.15, 0.2) is 64.4 Å². The smallest absolute Gasteiger partial charge is 0.337 e. The van der Waals surface area contributed by atoms with Crippen molar-refractivity contribution >= 4 is 15.8 Å². The molecule has 1 heterocycles. The monoisotopic (exact) mass is 399 g/mol. The largest absolute Gasteiger partial charge is 0.465 e. The average molecular weight is 399 g/mol. The van der Waals surface area contributed by atoms with Crippen LogP contribution < -0.4 is 0 Å². The van der Waals surface area contributed by atoms with Gasteiger partial charge in [0.25, 0.3) is 0 Å². The van der Waals surface area contributed by atoms with Crippen LogP contribution in [0.1, 0.15) is 27.2 Å². The first kappa shape index (κ1) is 19.3. The number of methoxy groups -OCH3 is 1. The lowest BCUT2D eigenvalue weighted by Gasteiger charge is -2.07. The Kier molecular flexibility index (Phi) is 5.57. The van der Waals surface area contributed by atoms with Crippen LogP contribution in [0.4, 0.5) is 4.39 Å². The Labute approximate surface area is 160 Å². The van der Waals surface area contributed by atoms with E-state index >= 15 is 0 Å². The highest BCUT2D eigenvalue weighted by Gasteiger charge is 2.22. The van der Waals surface area contributed by atoms with E-state index in [0.717, 1.165) is 6.39 Å². The molecule has 0 radical (unpaired) electrons. The van der Waals surface area contributed by atoms with E-state index < -0.39 is 27.4 Å². The number of carbonyl (C=O) groups excluding carboxylic acids is 1. The van der Waals surface area contributed by atoms with Gasteiger partial charge in [0, 0.05) is 11.1 Å². The summed E-state index contributed by atoms with van der Waals surface area (Å²) >= 11 is 0. The molecule has 0 saturated heterocycles. The zero-order valence-corrected chi connectivity index (χ0v) is 15.5. The van der Waals surface area contributed by atoms with Crippen molar-refractivity contribution in [2.45, 2.75) is 10.6 Å². The van der Waals surface area contributed by atoms with Crippen molar-refractivity contribution in [2.24, 2.45) is 0 Å². The van der Waals surface area contributed by atoms with Crippen molar-refractivity contribution in [3.8, 4) is 11.8 Å². The van der Waals surface area contributed by atoms with Crippen molar-refractivity contribution in [1.82, 2.24) is 4.98 Å². The van der Waals surface area contributed by atoms with E-state index in [1.54, 1.807) is 0 Å². The fraction of sp³-hybridized carbons (Fsp3) is 0.100. The van der Waals surface area contributed by atoms with Gasteiger partial charge in [0.2, 0.25) is 0 Å². The third kappa shape index (κ3) is 4.45. The van der Waals surface area contributed by atoms with E-state index in [-0.39, 0.29) is 21.8 Å². The van der Waals surface area contributed by atoms with Gasteiger partial charge >= 0.3 is 5.97 Å². The van der Waals surface area contributed by atoms with Crippen LogP contribution in [0.2, 0.25) is 0 Å². The molecule has 0 aliphatic rings. The van der Waals surface area contributed by atoms with Crippen molar-refractivity contribution < 1.29 is 26.8 Å². The summed E-state index contributed by atoms with van der Waals surface area (Å²) in [4.78, 5) is 15.4. The van der Waals surface area contributed by atoms with Crippen LogP contribution in [0.5, 0.6) is 0 Å². The zero-order chi connectivity index (χ0) is 20.1. The third-order valence-electron chi connectivity index (χ3n) is 3.74. The van der Waals surface area contributed by atoms with Gasteiger partial charge in [-0.2, -0.15) is 0 Å². The molecular formula is C20H14FNO5S. The van der Waals surface area contributed by atoms with Crippen LogP contribution in [-0.2, 0) is 20.3 Å². The molecule has 3 rings (SSSR count). The number of benzene rings is 2. The molecule has 2 aromatic carbocycles. The molecule has 0 saturated carbocycles. The molecule has 0 bridgehead atoms. The third-order valence-corrected chi connectivity index (χ3v) is 5.43. The first-order valence-electron chi connectivity index (χ1n) is 7.99. The Morgan fingerprint density at radius 2 is 1.93 bits per heavy atom. The first-order chi connectivity index (χ1) is 13.4. The predicted octanol–water partition coefficient (Wildman–Crippen LogP) is 2.97. The normalized spacial score (nSPS) is 10.8. The maximum absolute atomic E-state index is 13.0. The van der Waals surface area contributed by atoms with E-state index in [0.29, 0.717) is 5.56 Å². The number of carbonyl (C=O) groups is 1. The Balaban J connectivity index is 2.06. The van der Waals surface area contributed by atoms with Gasteiger partial charge in [-0.25, -0.2) is 22.6 Å². The van der Waals surface area contributed by atoms with Crippen molar-refractivity contribution in [3.05, 3.63) is 83.3 Å². The van der Waals surface area contributed by atoms with E-state index in [4.69, 9.17) is 4.42 Å². The van der Waals surface area contributed by atoms with Gasteiger partial charge in [-0.15, -0.1) is 0 Å². The Bertz CT molecular complexity index is 1160. The minimum absolute atomic E-state index is 0.0637. The van der Waals surface area contributed by atoms with Crippen LogP contribution in [0.3, 0.4) is 0 Å². The predicted molar refractivity (Wildman–Crippen MR) is 97.6 cm³/mol. The Morgan fingerprint density at radius 3 is 2.57 bits per heavy atom. The van der Waals surface area contributed by atoms with E-state index in [1.165, 1.54) is 55.8 Å². The number of halogens is 1. The Hall–Kier alpha value is -3.44. The summed E-state index contributed by atoms with van der Waals surface area (Å²) in [5, 5.41) is 0. The summed E-state index contributed by atoms with van der Waals surface area (Å²) in [5.74, 6) is 4.26. The fourth-order valence-electron chi connectivity index (χ4n) is 2.39. The topological polar surface area (TPSA) is 86.5 Å². The zero-order valence-electron chi connectivity index (χ0n) is 14.7. The van der Waals surface area contributed by atoms with Crippen molar-refractivity contribution in [3.63, 3.8) is 0 Å². The number of esters is 1. The second-order valence-electron chi connectivity index (χ2n) is 5.69. The molecule has 0 N–H and O–H groups in total. The highest BCUT2D eigenvalue weighted by atomic mass is 32.2. The van der Waals surface area contributed by atoms with Gasteiger partial charge in [0.05, 0.1) is 23.8 Å². The van der Waals surface area contributed by atoms with Gasteiger partial charge in [0.1, 0.15) is 17.3 Å². The quantitative estimate of drug-likeness (QED) is 0.495. The minimum Gasteiger partial charge on any atom is -0.465 e. The SMILES string of the molecule is COC(=O)c1ccc(S(=O)(=O)Cc2cnco2)c(C#Cc2ccc(F)cc2)c1. The number of aromatic nitrogens is 1. The van der Waals surface area contributed by atoms with Crippen LogP contribution in [0.25, 0.3) is 0 Å². The molecule has 0 aliphatic heterocycles. The average Bonchev–Trinajstić information content (AvgIpc) is 3.19. The lowest BCUT2D eigenvalue weighted by Crippen LogP contribution is -2.09. The van der Waals surface area contributed by atoms with Crippen LogP contribution in [0, 0.1) is 17.7 Å². The van der Waals surface area contributed by atoms with Gasteiger partial charge in [0.15, 0.2) is 16.2 Å².